The Morgan fingerprint density at radius 1 is 0.193 bits per heavy atom. The van der Waals surface area contributed by atoms with Gasteiger partial charge in [0.2, 0.25) is 0 Å². The maximum Gasteiger partial charge on any atom is 0.0434 e. The molecule has 1 aliphatic carbocycles. The van der Waals surface area contributed by atoms with E-state index in [1.165, 1.54) is 233 Å². The van der Waals surface area contributed by atoms with E-state index in [0.717, 1.165) is 0 Å². The molecule has 2 heterocycles. The van der Waals surface area contributed by atoms with Gasteiger partial charge in [-0.2, -0.15) is 0 Å². The van der Waals surface area contributed by atoms with Crippen molar-refractivity contribution in [2.75, 3.05) is 0 Å². The third-order valence-electron chi connectivity index (χ3n) is 24.1. The maximum absolute atomic E-state index is 2.40. The van der Waals surface area contributed by atoms with Crippen molar-refractivity contribution < 1.29 is 0 Å². The molecule has 22 aromatic rings. The first kappa shape index (κ1) is 68.7. The van der Waals surface area contributed by atoms with E-state index in [0.29, 0.717) is 0 Å². The van der Waals surface area contributed by atoms with Crippen LogP contribution in [0.2, 0.25) is 0 Å². The van der Waals surface area contributed by atoms with Crippen LogP contribution in [-0.4, -0.2) is 0 Å². The molecule has 0 spiro atoms. The van der Waals surface area contributed by atoms with E-state index in [2.05, 4.69) is 417 Å². The lowest BCUT2D eigenvalue weighted by Crippen LogP contribution is -2.16. The van der Waals surface area contributed by atoms with Crippen molar-refractivity contribution in [3.8, 4) is 89.0 Å². The summed E-state index contributed by atoms with van der Waals surface area (Å²) in [6.45, 7) is 11.4. The lowest BCUT2D eigenvalue weighted by molar-refractivity contribution is 0.662. The zero-order chi connectivity index (χ0) is 76.3. The Labute approximate surface area is 672 Å². The average molecular weight is 1490 g/mol. The Morgan fingerprint density at radius 3 is 1.03 bits per heavy atom. The SMILES string of the molecule is Cc1ccc2c(-c3ccc(-c4ccccc4)cc3)c3ccccc3c(-c3cccc4c3C(C)(C)c3ccccc3-4)c2c1.Cc1ccc2c(-c3ccc4ccccc4c3)c3ccccc3c(-c3cccc4c3sc3ccccc34)c2c1.Cc1ccc2c(-c3ccccc3)c3ccccc3c(-c3cccc4c3sc3ccccc34)c2c1. The second-order valence-corrected chi connectivity index (χ2v) is 33.5. The predicted octanol–water partition coefficient (Wildman–Crippen LogP) is 32.8. The smallest absolute Gasteiger partial charge is 0.0434 e. The fraction of sp³-hybridized carbons (Fsp3) is 0.0536. The standard InChI is InChI=1S/C42H32.C37H24S.C33H22S/c1-27-20-25-34-37(26-27)40(36-18-11-17-35-31-14-9-10-19-38(31)42(2,3)41(35)36)33-16-8-7-15-32(33)39(34)30-23-21-29(22-24-30)28-12-5-4-6-13-28;1-23-17-20-30-33(21-23)36(32-15-8-14-31-27-11-6-7-16-34(27)38-37(31)32)29-13-5-4-12-28(29)35(30)26-19-18-24-9-2-3-10-25(24)22-26;1-21-18-19-26-29(20-21)32(25-14-6-5-13-24(25)31(26)22-10-3-2-4-11-22)28-16-9-15-27-23-12-7-8-17-30(23)34-33(27)28/h4-26H,1-3H3;2-22H,1H3;2-20H,1H3. The molecule has 1 aliphatic rings. The Morgan fingerprint density at radius 2 is 0.518 bits per heavy atom. The first-order chi connectivity index (χ1) is 56.1. The molecule has 2 heteroatoms. The molecule has 0 aliphatic heterocycles. The molecule has 0 fully saturated rings. The van der Waals surface area contributed by atoms with Crippen molar-refractivity contribution in [1.29, 1.82) is 0 Å². The molecule has 0 bridgehead atoms. The van der Waals surface area contributed by atoms with Gasteiger partial charge in [0.25, 0.3) is 0 Å². The van der Waals surface area contributed by atoms with Crippen molar-refractivity contribution in [2.45, 2.75) is 40.0 Å². The highest BCUT2D eigenvalue weighted by atomic mass is 32.1. The number of thiophene rings is 2. The summed E-state index contributed by atoms with van der Waals surface area (Å²) in [5.41, 5.74) is 27.5. The van der Waals surface area contributed by atoms with E-state index < -0.39 is 0 Å². The van der Waals surface area contributed by atoms with Crippen LogP contribution < -0.4 is 0 Å². The molecule has 538 valence electrons. The van der Waals surface area contributed by atoms with Crippen LogP contribution in [-0.2, 0) is 5.41 Å². The zero-order valence-electron chi connectivity index (χ0n) is 64.2. The van der Waals surface area contributed by atoms with Crippen LogP contribution in [0.15, 0.2) is 382 Å². The molecule has 0 unspecified atom stereocenters. The van der Waals surface area contributed by atoms with Gasteiger partial charge in [0, 0.05) is 56.9 Å². The van der Waals surface area contributed by atoms with E-state index in [-0.39, 0.29) is 5.41 Å². The van der Waals surface area contributed by atoms with Crippen LogP contribution in [0.4, 0.5) is 0 Å². The van der Waals surface area contributed by atoms with Crippen LogP contribution in [0.5, 0.6) is 0 Å². The summed E-state index contributed by atoms with van der Waals surface area (Å²) in [6.07, 6.45) is 0. The Bertz CT molecular complexity index is 7640. The van der Waals surface area contributed by atoms with Gasteiger partial charge in [-0.3, -0.25) is 0 Å². The Hall–Kier alpha value is -13.3. The zero-order valence-corrected chi connectivity index (χ0v) is 65.8. The van der Waals surface area contributed by atoms with Crippen LogP contribution >= 0.6 is 22.7 Å². The van der Waals surface area contributed by atoms with Gasteiger partial charge in [-0.15, -0.1) is 22.7 Å². The molecule has 114 heavy (non-hydrogen) atoms. The van der Waals surface area contributed by atoms with E-state index in [4.69, 9.17) is 0 Å². The first-order valence-electron chi connectivity index (χ1n) is 39.7. The highest BCUT2D eigenvalue weighted by Gasteiger charge is 2.38. The molecule has 0 radical (unpaired) electrons. The summed E-state index contributed by atoms with van der Waals surface area (Å²) < 4.78 is 5.41. The molecule has 20 aromatic carbocycles. The van der Waals surface area contributed by atoms with Crippen LogP contribution in [0.1, 0.15) is 41.7 Å². The lowest BCUT2D eigenvalue weighted by Gasteiger charge is -2.26. The monoisotopic (exact) mass is 1490 g/mol. The summed E-state index contributed by atoms with van der Waals surface area (Å²) >= 11 is 3.81. The number of hydrogen-bond acceptors (Lipinski definition) is 2. The number of hydrogen-bond donors (Lipinski definition) is 0. The predicted molar refractivity (Wildman–Crippen MR) is 497 cm³/mol. The minimum Gasteiger partial charge on any atom is -0.135 e. The molecule has 0 N–H and O–H groups in total. The third kappa shape index (κ3) is 11.4. The van der Waals surface area contributed by atoms with Gasteiger partial charge in [0.05, 0.1) is 0 Å². The van der Waals surface area contributed by atoms with Crippen molar-refractivity contribution >= 4 is 138 Å². The minimum absolute atomic E-state index is 0.0916. The third-order valence-corrected chi connectivity index (χ3v) is 26.6. The molecule has 2 aromatic heterocycles. The summed E-state index contributed by atoms with van der Waals surface area (Å²) in [5.74, 6) is 0. The molecular formula is C112H78S2. The van der Waals surface area contributed by atoms with Crippen LogP contribution in [0.25, 0.3) is 205 Å². The van der Waals surface area contributed by atoms with Crippen molar-refractivity contribution in [1.82, 2.24) is 0 Å². The van der Waals surface area contributed by atoms with Gasteiger partial charge >= 0.3 is 0 Å². The average Bonchev–Trinajstić information content (AvgIpc) is 1.40. The summed E-state index contributed by atoms with van der Waals surface area (Å²) in [4.78, 5) is 0. The van der Waals surface area contributed by atoms with Gasteiger partial charge in [-0.25, -0.2) is 0 Å². The van der Waals surface area contributed by atoms with Crippen LogP contribution in [0, 0.1) is 20.8 Å². The van der Waals surface area contributed by atoms with Crippen molar-refractivity contribution in [2.24, 2.45) is 0 Å². The molecule has 0 saturated heterocycles. The van der Waals surface area contributed by atoms with Gasteiger partial charge in [0.15, 0.2) is 0 Å². The van der Waals surface area contributed by atoms with Crippen molar-refractivity contribution in [3.63, 3.8) is 0 Å². The quantitative estimate of drug-likeness (QED) is 0.140. The summed E-state index contributed by atoms with van der Waals surface area (Å²) in [7, 11) is 0. The van der Waals surface area contributed by atoms with Crippen LogP contribution in [0.3, 0.4) is 0 Å². The second-order valence-electron chi connectivity index (χ2n) is 31.4. The Balaban J connectivity index is 0.000000108. The number of fused-ring (bicyclic) bond motifs is 16. The molecule has 0 nitrogen and oxygen atoms in total. The molecule has 0 atom stereocenters. The van der Waals surface area contributed by atoms with E-state index in [9.17, 15) is 0 Å². The Kier molecular flexibility index (Phi) is 16.8. The normalized spacial score (nSPS) is 12.3. The van der Waals surface area contributed by atoms with E-state index in [1.54, 1.807) is 0 Å². The second kappa shape index (κ2) is 27.8. The highest BCUT2D eigenvalue weighted by molar-refractivity contribution is 7.26. The fourth-order valence-electron chi connectivity index (χ4n) is 19.0. The van der Waals surface area contributed by atoms with Gasteiger partial charge < -0.3 is 0 Å². The number of rotatable bonds is 7. The summed E-state index contributed by atoms with van der Waals surface area (Å²) in [6, 6.07) is 141. The summed E-state index contributed by atoms with van der Waals surface area (Å²) in [5, 5.41) is 23.6. The highest BCUT2D eigenvalue weighted by Crippen LogP contribution is 2.56. The molecule has 0 amide bonds. The van der Waals surface area contributed by atoms with Crippen molar-refractivity contribution in [3.05, 3.63) is 410 Å². The van der Waals surface area contributed by atoms with Gasteiger partial charge in [-0.05, 0) is 203 Å². The fourth-order valence-corrected chi connectivity index (χ4v) is 21.5. The first-order valence-corrected chi connectivity index (χ1v) is 41.3. The lowest BCUT2D eigenvalue weighted by atomic mass is 9.76. The molecular weight excluding hydrogens is 1410 g/mol. The van der Waals surface area contributed by atoms with E-state index >= 15 is 0 Å². The van der Waals surface area contributed by atoms with E-state index in [1.807, 2.05) is 22.7 Å². The molecule has 0 saturated carbocycles. The molecule has 23 rings (SSSR count). The minimum atomic E-state index is -0.0916. The largest absolute Gasteiger partial charge is 0.135 e. The van der Waals surface area contributed by atoms with Gasteiger partial charge in [-0.1, -0.05) is 395 Å². The maximum atomic E-state index is 2.40. The number of aryl methyl sites for hydroxylation is 3. The number of benzene rings is 20. The topological polar surface area (TPSA) is 0 Å². The van der Waals surface area contributed by atoms with Gasteiger partial charge in [0.1, 0.15) is 0 Å².